The van der Waals surface area contributed by atoms with Crippen LogP contribution in [0.15, 0.2) is 24.3 Å². The van der Waals surface area contributed by atoms with Gasteiger partial charge in [0.15, 0.2) is 0 Å². The summed E-state index contributed by atoms with van der Waals surface area (Å²) in [6.07, 6.45) is 4.23. The van der Waals surface area contributed by atoms with Crippen molar-refractivity contribution >= 4 is 0 Å². The van der Waals surface area contributed by atoms with Crippen molar-refractivity contribution in [3.8, 4) is 0 Å². The number of aliphatic hydroxyl groups excluding tert-OH is 1. The second kappa shape index (κ2) is 8.34. The first-order chi connectivity index (χ1) is 9.02. The summed E-state index contributed by atoms with van der Waals surface area (Å²) >= 11 is 0. The molecular weight excluding hydrogens is 234 g/mol. The van der Waals surface area contributed by atoms with Crippen molar-refractivity contribution < 1.29 is 5.11 Å². The van der Waals surface area contributed by atoms with Gasteiger partial charge in [0.05, 0.1) is 6.10 Å². The lowest BCUT2D eigenvalue weighted by Gasteiger charge is -2.21. The Morgan fingerprint density at radius 1 is 1.11 bits per heavy atom. The van der Waals surface area contributed by atoms with Gasteiger partial charge in [-0.3, -0.25) is 0 Å². The van der Waals surface area contributed by atoms with E-state index in [2.05, 4.69) is 50.4 Å². The minimum Gasteiger partial charge on any atom is -0.393 e. The highest BCUT2D eigenvalue weighted by molar-refractivity contribution is 5.24. The lowest BCUT2D eigenvalue weighted by molar-refractivity contribution is 0.168. The molecule has 0 spiro atoms. The summed E-state index contributed by atoms with van der Waals surface area (Å²) in [7, 11) is 0. The molecule has 2 heteroatoms. The van der Waals surface area contributed by atoms with Gasteiger partial charge in [-0.2, -0.15) is 0 Å². The van der Waals surface area contributed by atoms with Crippen LogP contribution in [-0.2, 0) is 6.42 Å². The fourth-order valence-corrected chi connectivity index (χ4v) is 2.46. The van der Waals surface area contributed by atoms with Crippen LogP contribution in [0.2, 0.25) is 0 Å². The van der Waals surface area contributed by atoms with Crippen molar-refractivity contribution in [1.82, 2.24) is 5.32 Å². The summed E-state index contributed by atoms with van der Waals surface area (Å²) in [5.41, 5.74) is 2.74. The summed E-state index contributed by atoms with van der Waals surface area (Å²) in [6.45, 7) is 8.37. The molecule has 1 rings (SSSR count). The summed E-state index contributed by atoms with van der Waals surface area (Å²) in [4.78, 5) is 0. The van der Waals surface area contributed by atoms with E-state index in [1.807, 2.05) is 6.92 Å². The van der Waals surface area contributed by atoms with Gasteiger partial charge in [-0.25, -0.2) is 0 Å². The Kier molecular flexibility index (Phi) is 7.11. The topological polar surface area (TPSA) is 32.3 Å². The number of rotatable bonds is 8. The molecule has 3 unspecified atom stereocenters. The van der Waals surface area contributed by atoms with Crippen molar-refractivity contribution in [2.24, 2.45) is 0 Å². The first kappa shape index (κ1) is 16.2. The molecule has 0 aliphatic rings. The van der Waals surface area contributed by atoms with Crippen LogP contribution in [0.5, 0.6) is 0 Å². The highest BCUT2D eigenvalue weighted by Crippen LogP contribution is 2.16. The van der Waals surface area contributed by atoms with E-state index in [4.69, 9.17) is 0 Å². The average molecular weight is 263 g/mol. The highest BCUT2D eigenvalue weighted by Gasteiger charge is 2.11. The fraction of sp³-hybridized carbons (Fsp3) is 0.647. The molecule has 0 bridgehead atoms. The maximum absolute atomic E-state index is 9.39. The van der Waals surface area contributed by atoms with Crippen LogP contribution in [0.25, 0.3) is 0 Å². The zero-order chi connectivity index (χ0) is 14.3. The van der Waals surface area contributed by atoms with E-state index in [0.29, 0.717) is 12.1 Å². The van der Waals surface area contributed by atoms with Gasteiger partial charge in [-0.15, -0.1) is 0 Å². The maximum Gasteiger partial charge on any atom is 0.0526 e. The molecule has 0 aromatic heterocycles. The Balaban J connectivity index is 2.50. The van der Waals surface area contributed by atoms with Crippen LogP contribution >= 0.6 is 0 Å². The summed E-state index contributed by atoms with van der Waals surface area (Å²) in [5.74, 6) is 0. The third-order valence-corrected chi connectivity index (χ3v) is 3.53. The molecule has 3 atom stereocenters. The highest BCUT2D eigenvalue weighted by atomic mass is 16.3. The second-order valence-corrected chi connectivity index (χ2v) is 5.72. The predicted molar refractivity (Wildman–Crippen MR) is 82.4 cm³/mol. The quantitative estimate of drug-likeness (QED) is 0.747. The Bertz CT molecular complexity index is 345. The molecule has 1 aromatic rings. The van der Waals surface area contributed by atoms with Gasteiger partial charge in [0.1, 0.15) is 0 Å². The van der Waals surface area contributed by atoms with Gasteiger partial charge in [-0.1, -0.05) is 37.6 Å². The number of aryl methyl sites for hydroxylation is 1. The van der Waals surface area contributed by atoms with Gasteiger partial charge in [0.2, 0.25) is 0 Å². The first-order valence-corrected chi connectivity index (χ1v) is 7.55. The third kappa shape index (κ3) is 6.22. The zero-order valence-corrected chi connectivity index (χ0v) is 12.8. The maximum atomic E-state index is 9.39. The van der Waals surface area contributed by atoms with Crippen LogP contribution in [0.3, 0.4) is 0 Å². The fourth-order valence-electron chi connectivity index (χ4n) is 2.46. The molecule has 0 heterocycles. The average Bonchev–Trinajstić information content (AvgIpc) is 2.35. The minimum atomic E-state index is -0.244. The number of hydrogen-bond donors (Lipinski definition) is 2. The number of unbranched alkanes of at least 4 members (excludes halogenated alkanes) is 1. The summed E-state index contributed by atoms with van der Waals surface area (Å²) < 4.78 is 0. The molecule has 2 N–H and O–H groups in total. The van der Waals surface area contributed by atoms with Gasteiger partial charge in [0, 0.05) is 12.1 Å². The molecule has 0 fully saturated rings. The van der Waals surface area contributed by atoms with E-state index in [-0.39, 0.29) is 6.10 Å². The normalized spacial score (nSPS) is 16.1. The van der Waals surface area contributed by atoms with Crippen molar-refractivity contribution in [3.05, 3.63) is 35.4 Å². The van der Waals surface area contributed by atoms with E-state index < -0.39 is 0 Å². The smallest absolute Gasteiger partial charge is 0.0526 e. The van der Waals surface area contributed by atoms with Gasteiger partial charge < -0.3 is 10.4 Å². The minimum absolute atomic E-state index is 0.244. The first-order valence-electron chi connectivity index (χ1n) is 7.55. The standard InChI is InChI=1S/C17H29NO/c1-5-6-7-16-8-10-17(11-9-16)15(4)18-13(2)12-14(3)19/h8-11,13-15,18-19H,5-7,12H2,1-4H3. The van der Waals surface area contributed by atoms with Crippen molar-refractivity contribution in [2.45, 2.75) is 71.6 Å². The van der Waals surface area contributed by atoms with Gasteiger partial charge >= 0.3 is 0 Å². The van der Waals surface area contributed by atoms with Gasteiger partial charge in [0.25, 0.3) is 0 Å². The molecule has 2 nitrogen and oxygen atoms in total. The number of aliphatic hydroxyl groups is 1. The van der Waals surface area contributed by atoms with E-state index in [9.17, 15) is 5.11 Å². The van der Waals surface area contributed by atoms with Crippen LogP contribution in [-0.4, -0.2) is 17.3 Å². The summed E-state index contributed by atoms with van der Waals surface area (Å²) in [6, 6.07) is 9.57. The lowest BCUT2D eigenvalue weighted by Crippen LogP contribution is -2.31. The molecule has 1 aromatic carbocycles. The van der Waals surface area contributed by atoms with Crippen LogP contribution in [0, 0.1) is 0 Å². The van der Waals surface area contributed by atoms with Crippen LogP contribution in [0.1, 0.15) is 64.1 Å². The second-order valence-electron chi connectivity index (χ2n) is 5.72. The van der Waals surface area contributed by atoms with E-state index >= 15 is 0 Å². The monoisotopic (exact) mass is 263 g/mol. The molecule has 19 heavy (non-hydrogen) atoms. The predicted octanol–water partition coefficient (Wildman–Crippen LogP) is 3.84. The number of hydrogen-bond acceptors (Lipinski definition) is 2. The zero-order valence-electron chi connectivity index (χ0n) is 12.8. The van der Waals surface area contributed by atoms with Gasteiger partial charge in [-0.05, 0) is 51.2 Å². The Hall–Kier alpha value is -0.860. The summed E-state index contributed by atoms with van der Waals surface area (Å²) in [5, 5.41) is 12.9. The van der Waals surface area contributed by atoms with E-state index in [1.165, 1.54) is 30.4 Å². The Labute approximate surface area is 118 Å². The van der Waals surface area contributed by atoms with E-state index in [0.717, 1.165) is 6.42 Å². The number of nitrogens with one attached hydrogen (secondary N) is 1. The lowest BCUT2D eigenvalue weighted by atomic mass is 10.0. The molecular formula is C17H29NO. The largest absolute Gasteiger partial charge is 0.393 e. The van der Waals surface area contributed by atoms with Crippen molar-refractivity contribution in [3.63, 3.8) is 0 Å². The molecule has 0 saturated carbocycles. The molecule has 108 valence electrons. The van der Waals surface area contributed by atoms with E-state index in [1.54, 1.807) is 0 Å². The Morgan fingerprint density at radius 3 is 2.26 bits per heavy atom. The third-order valence-electron chi connectivity index (χ3n) is 3.53. The van der Waals surface area contributed by atoms with Crippen LogP contribution in [0.4, 0.5) is 0 Å². The molecule has 0 saturated heterocycles. The van der Waals surface area contributed by atoms with Crippen molar-refractivity contribution in [1.29, 1.82) is 0 Å². The number of benzene rings is 1. The molecule has 0 aliphatic carbocycles. The SMILES string of the molecule is CCCCc1ccc(C(C)NC(C)CC(C)O)cc1. The molecule has 0 aliphatic heterocycles. The Morgan fingerprint density at radius 2 is 1.74 bits per heavy atom. The molecule has 0 amide bonds. The molecule has 0 radical (unpaired) electrons. The van der Waals surface area contributed by atoms with Crippen LogP contribution < -0.4 is 5.32 Å². The van der Waals surface area contributed by atoms with Crippen molar-refractivity contribution in [2.75, 3.05) is 0 Å².